The molecular weight excluding hydrogens is 321 g/mol. The maximum absolute atomic E-state index is 12.9. The van der Waals surface area contributed by atoms with Gasteiger partial charge in [0.25, 0.3) is 0 Å². The van der Waals surface area contributed by atoms with Crippen molar-refractivity contribution < 1.29 is 18.8 Å². The summed E-state index contributed by atoms with van der Waals surface area (Å²) in [4.78, 5) is 36.4. The number of carbonyl (C=O) groups excluding carboxylic acids is 3. The molecule has 8 heteroatoms. The number of amides is 2. The molecule has 0 aliphatic carbocycles. The molecule has 2 aromatic rings. The molecule has 1 aromatic carbocycles. The summed E-state index contributed by atoms with van der Waals surface area (Å²) in [6.07, 6.45) is 0.250. The van der Waals surface area contributed by atoms with E-state index in [1.165, 1.54) is 23.5 Å². The van der Waals surface area contributed by atoms with E-state index in [-0.39, 0.29) is 18.0 Å². The van der Waals surface area contributed by atoms with Gasteiger partial charge in [-0.15, -0.1) is 11.3 Å². The summed E-state index contributed by atoms with van der Waals surface area (Å²) in [7, 11) is 0. The number of nitrogens with zero attached hydrogens (tertiary/aromatic N) is 3. The largest absolute Gasteiger partial charge is 0.373 e. The summed E-state index contributed by atoms with van der Waals surface area (Å²) in [5, 5.41) is 2.68. The van der Waals surface area contributed by atoms with Crippen molar-refractivity contribution in [1.82, 2.24) is 9.88 Å². The monoisotopic (exact) mass is 335 g/mol. The Hall–Kier alpha value is -2.57. The van der Waals surface area contributed by atoms with Gasteiger partial charge in [0.15, 0.2) is 5.13 Å². The molecule has 0 spiro atoms. The van der Waals surface area contributed by atoms with Gasteiger partial charge in [-0.05, 0) is 24.6 Å². The first-order valence-electron chi connectivity index (χ1n) is 6.77. The second kappa shape index (κ2) is 7.62. The smallest absolute Gasteiger partial charge is 0.318 e. The first kappa shape index (κ1) is 16.8. The van der Waals surface area contributed by atoms with Crippen molar-refractivity contribution in [3.05, 3.63) is 46.7 Å². The lowest BCUT2D eigenvalue weighted by atomic mass is 10.2. The molecule has 1 aliphatic heterocycles. The molecule has 0 radical (unpaired) electrons. The fourth-order valence-corrected chi connectivity index (χ4v) is 3.00. The van der Waals surface area contributed by atoms with E-state index in [4.69, 9.17) is 9.59 Å². The van der Waals surface area contributed by atoms with E-state index in [1.807, 2.05) is 12.3 Å². The molecule has 0 bridgehead atoms. The van der Waals surface area contributed by atoms with Gasteiger partial charge in [0.2, 0.25) is 0 Å². The average Bonchev–Trinajstić information content (AvgIpc) is 3.09. The molecule has 1 saturated heterocycles. The Labute approximate surface area is 136 Å². The Morgan fingerprint density at radius 1 is 1.26 bits per heavy atom. The molecule has 23 heavy (non-hydrogen) atoms. The van der Waals surface area contributed by atoms with Gasteiger partial charge in [-0.3, -0.25) is 4.90 Å². The number of anilines is 1. The molecule has 1 fully saturated rings. The highest BCUT2D eigenvalue weighted by Gasteiger charge is 2.31. The van der Waals surface area contributed by atoms with Gasteiger partial charge >= 0.3 is 12.2 Å². The Kier molecular flexibility index (Phi) is 5.56. The highest BCUT2D eigenvalue weighted by atomic mass is 32.1. The second-order valence-corrected chi connectivity index (χ2v) is 5.67. The van der Waals surface area contributed by atoms with Crippen LogP contribution in [0.15, 0.2) is 29.6 Å². The fraction of sp³-hybridized carbons (Fsp3) is 0.267. The van der Waals surface area contributed by atoms with Crippen LogP contribution in [0.25, 0.3) is 0 Å². The number of thiazole rings is 1. The molecule has 6 nitrogen and oxygen atoms in total. The zero-order valence-corrected chi connectivity index (χ0v) is 13.2. The number of hydrogen-bond donors (Lipinski definition) is 0. The van der Waals surface area contributed by atoms with E-state index >= 15 is 0 Å². The van der Waals surface area contributed by atoms with Crippen molar-refractivity contribution in [3.63, 3.8) is 0 Å². The molecule has 0 saturated carbocycles. The van der Waals surface area contributed by atoms with Gasteiger partial charge in [-0.1, -0.05) is 12.1 Å². The molecule has 120 valence electrons. The van der Waals surface area contributed by atoms with Crippen molar-refractivity contribution in [3.8, 4) is 0 Å². The van der Waals surface area contributed by atoms with Crippen molar-refractivity contribution >= 4 is 28.7 Å². The van der Waals surface area contributed by atoms with Gasteiger partial charge in [-0.2, -0.15) is 9.59 Å². The van der Waals surface area contributed by atoms with Gasteiger partial charge < -0.3 is 4.90 Å². The zero-order valence-electron chi connectivity index (χ0n) is 12.4. The number of urea groups is 1. The minimum atomic E-state index is -0.263. The predicted molar refractivity (Wildman–Crippen MR) is 81.4 cm³/mol. The summed E-state index contributed by atoms with van der Waals surface area (Å²) in [6.45, 7) is 3.72. The third-order valence-corrected chi connectivity index (χ3v) is 4.20. The van der Waals surface area contributed by atoms with Crippen LogP contribution >= 0.6 is 11.3 Å². The van der Waals surface area contributed by atoms with Crippen LogP contribution in [-0.4, -0.2) is 35.2 Å². The number of aryl methyl sites for hydroxylation is 1. The van der Waals surface area contributed by atoms with Crippen LogP contribution < -0.4 is 4.90 Å². The maximum atomic E-state index is 12.9. The predicted octanol–water partition coefficient (Wildman–Crippen LogP) is 2.45. The van der Waals surface area contributed by atoms with E-state index in [1.54, 1.807) is 21.9 Å². The SMILES string of the molecule is Cc1csc(N2CCN(Cc3ccc(F)cc3)C2=O)n1.O=C=O. The first-order chi connectivity index (χ1) is 11.0. The van der Waals surface area contributed by atoms with E-state index in [2.05, 4.69) is 4.98 Å². The third-order valence-electron chi connectivity index (χ3n) is 3.22. The number of hydrogen-bond acceptors (Lipinski definition) is 5. The molecule has 0 unspecified atom stereocenters. The molecule has 3 rings (SSSR count). The van der Waals surface area contributed by atoms with Crippen LogP contribution in [0.4, 0.5) is 14.3 Å². The van der Waals surface area contributed by atoms with Gasteiger partial charge in [-0.25, -0.2) is 14.2 Å². The molecule has 2 heterocycles. The summed E-state index contributed by atoms with van der Waals surface area (Å²) >= 11 is 1.48. The Bertz CT molecular complexity index is 711. The summed E-state index contributed by atoms with van der Waals surface area (Å²) in [5.41, 5.74) is 1.85. The molecule has 0 N–H and O–H groups in total. The number of benzene rings is 1. The van der Waals surface area contributed by atoms with E-state index in [9.17, 15) is 9.18 Å². The summed E-state index contributed by atoms with van der Waals surface area (Å²) in [6, 6.07) is 6.21. The van der Waals surface area contributed by atoms with E-state index in [0.29, 0.717) is 19.6 Å². The molecule has 1 aliphatic rings. The van der Waals surface area contributed by atoms with Gasteiger partial charge in [0.1, 0.15) is 5.82 Å². The average molecular weight is 335 g/mol. The standard InChI is InChI=1S/C14H14FN3OS.CO2/c1-10-9-20-13(16-10)18-7-6-17(14(18)19)8-11-2-4-12(15)5-3-11;2-1-3/h2-5,9H,6-8H2,1H3;. The van der Waals surface area contributed by atoms with E-state index in [0.717, 1.165) is 16.4 Å². The minimum Gasteiger partial charge on any atom is -0.318 e. The summed E-state index contributed by atoms with van der Waals surface area (Å²) < 4.78 is 12.9. The van der Waals surface area contributed by atoms with Crippen LogP contribution in [0.1, 0.15) is 11.3 Å². The van der Waals surface area contributed by atoms with Crippen molar-refractivity contribution in [2.75, 3.05) is 18.0 Å². The van der Waals surface area contributed by atoms with Crippen LogP contribution in [0.2, 0.25) is 0 Å². The Balaban J connectivity index is 0.000000595. The normalized spacial score (nSPS) is 13.6. The summed E-state index contributed by atoms with van der Waals surface area (Å²) in [5.74, 6) is -0.263. The fourth-order valence-electron chi connectivity index (χ4n) is 2.18. The van der Waals surface area contributed by atoms with Gasteiger partial charge in [0.05, 0.1) is 5.69 Å². The van der Waals surface area contributed by atoms with Gasteiger partial charge in [0, 0.05) is 25.0 Å². The molecule has 1 aromatic heterocycles. The molecular formula is C15H14FN3O3S. The Morgan fingerprint density at radius 2 is 1.91 bits per heavy atom. The second-order valence-electron chi connectivity index (χ2n) is 4.84. The first-order valence-corrected chi connectivity index (χ1v) is 7.65. The quantitative estimate of drug-likeness (QED) is 0.864. The zero-order chi connectivity index (χ0) is 16.8. The lowest BCUT2D eigenvalue weighted by molar-refractivity contribution is -0.191. The lowest BCUT2D eigenvalue weighted by Gasteiger charge is -2.16. The highest BCUT2D eigenvalue weighted by Crippen LogP contribution is 2.25. The number of halogens is 1. The number of aromatic nitrogens is 1. The van der Waals surface area contributed by atoms with Crippen molar-refractivity contribution in [2.45, 2.75) is 13.5 Å². The Morgan fingerprint density at radius 3 is 2.48 bits per heavy atom. The van der Waals surface area contributed by atoms with Crippen LogP contribution in [0.3, 0.4) is 0 Å². The third kappa shape index (κ3) is 4.21. The van der Waals surface area contributed by atoms with Crippen LogP contribution in [0.5, 0.6) is 0 Å². The maximum Gasteiger partial charge on any atom is 0.373 e. The lowest BCUT2D eigenvalue weighted by Crippen LogP contribution is -2.31. The topological polar surface area (TPSA) is 70.6 Å². The molecule has 0 atom stereocenters. The van der Waals surface area contributed by atoms with Crippen molar-refractivity contribution in [2.24, 2.45) is 0 Å². The van der Waals surface area contributed by atoms with Crippen LogP contribution in [0, 0.1) is 12.7 Å². The highest BCUT2D eigenvalue weighted by molar-refractivity contribution is 7.14. The number of carbonyl (C=O) groups is 1. The molecule has 2 amide bonds. The number of rotatable bonds is 3. The minimum absolute atomic E-state index is 0.0383. The van der Waals surface area contributed by atoms with E-state index < -0.39 is 0 Å². The van der Waals surface area contributed by atoms with Crippen molar-refractivity contribution in [1.29, 1.82) is 0 Å². The van der Waals surface area contributed by atoms with Crippen LogP contribution in [-0.2, 0) is 16.1 Å².